The highest BCUT2D eigenvalue weighted by Gasteiger charge is 2.15. The highest BCUT2D eigenvalue weighted by molar-refractivity contribution is 8.39. The van der Waals surface area contributed by atoms with Crippen molar-refractivity contribution in [2.75, 3.05) is 12.3 Å². The van der Waals surface area contributed by atoms with E-state index in [1.165, 1.54) is 30.1 Å². The van der Waals surface area contributed by atoms with Crippen molar-refractivity contribution in [3.8, 4) is 5.75 Å². The number of nitrogens with zero attached hydrogens (tertiary/aromatic N) is 3. The van der Waals surface area contributed by atoms with E-state index in [-0.39, 0.29) is 5.69 Å². The predicted octanol–water partition coefficient (Wildman–Crippen LogP) is 5.13. The number of aliphatic imine (C=N–C) groups is 1. The molecular weight excluding hydrogens is 472 g/mol. The molecule has 172 valence electrons. The molecule has 1 N–H and O–H groups in total. The summed E-state index contributed by atoms with van der Waals surface area (Å²) in [4.78, 5) is 28.7. The molecule has 0 unspecified atom stereocenters. The predicted molar refractivity (Wildman–Crippen MR) is 136 cm³/mol. The fourth-order valence-corrected chi connectivity index (χ4v) is 5.06. The van der Waals surface area contributed by atoms with Crippen molar-refractivity contribution in [2.24, 2.45) is 10.1 Å². The lowest BCUT2D eigenvalue weighted by molar-refractivity contribution is -0.384. The number of ether oxygens (including phenoxy) is 1. The quantitative estimate of drug-likeness (QED) is 0.265. The van der Waals surface area contributed by atoms with Gasteiger partial charge in [-0.15, -0.1) is 0 Å². The molecule has 1 amide bonds. The van der Waals surface area contributed by atoms with Crippen LogP contribution in [0, 0.1) is 10.1 Å². The van der Waals surface area contributed by atoms with Crippen LogP contribution >= 0.6 is 23.5 Å². The van der Waals surface area contributed by atoms with Gasteiger partial charge >= 0.3 is 0 Å². The third kappa shape index (κ3) is 6.24. The third-order valence-electron chi connectivity index (χ3n) is 4.70. The minimum absolute atomic E-state index is 0.0576. The van der Waals surface area contributed by atoms with Gasteiger partial charge in [0.2, 0.25) is 0 Å². The summed E-state index contributed by atoms with van der Waals surface area (Å²) in [5.41, 5.74) is 4.27. The molecule has 1 aliphatic heterocycles. The van der Waals surface area contributed by atoms with E-state index < -0.39 is 10.8 Å². The first-order valence-electron chi connectivity index (χ1n) is 10.3. The topological polar surface area (TPSA) is 106 Å². The van der Waals surface area contributed by atoms with Crippen LogP contribution in [-0.2, 0) is 6.61 Å². The van der Waals surface area contributed by atoms with Crippen LogP contribution in [0.4, 0.5) is 5.69 Å². The Morgan fingerprint density at radius 3 is 2.74 bits per heavy atom. The largest absolute Gasteiger partial charge is 0.488 e. The number of carbonyl (C=O) groups excluding carboxylic acids is 1. The van der Waals surface area contributed by atoms with Crippen LogP contribution in [0.1, 0.15) is 21.5 Å². The van der Waals surface area contributed by atoms with E-state index in [0.717, 1.165) is 27.1 Å². The Hall–Kier alpha value is -3.63. The highest BCUT2D eigenvalue weighted by atomic mass is 32.2. The number of hydrazone groups is 1. The summed E-state index contributed by atoms with van der Waals surface area (Å²) >= 11 is 3.06. The molecule has 0 spiro atoms. The first-order chi connectivity index (χ1) is 16.6. The van der Waals surface area contributed by atoms with E-state index >= 15 is 0 Å². The lowest BCUT2D eigenvalue weighted by atomic mass is 10.2. The Bertz CT molecular complexity index is 1250. The lowest BCUT2D eigenvalue weighted by Gasteiger charge is -2.10. The smallest absolute Gasteiger partial charge is 0.275 e. The minimum Gasteiger partial charge on any atom is -0.488 e. The van der Waals surface area contributed by atoms with Gasteiger partial charge in [-0.3, -0.25) is 19.9 Å². The van der Waals surface area contributed by atoms with Crippen molar-refractivity contribution >= 4 is 45.7 Å². The zero-order chi connectivity index (χ0) is 23.8. The summed E-state index contributed by atoms with van der Waals surface area (Å²) in [6.07, 6.45) is 1.40. The number of non-ortho nitro benzene ring substituents is 1. The standard InChI is InChI=1S/C24H20N4O4S2/c29-23(20-8-4-5-9-21(20)32-16-17-6-2-1-3-7-17)27-26-15-18-14-19(28(30)31)10-11-22(18)34-24-25-12-13-33-24/h1-11,14-15H,12-13,16H2,(H,27,29)/b26-15+. The normalized spacial score (nSPS) is 13.0. The van der Waals surface area contributed by atoms with Crippen molar-refractivity contribution in [2.45, 2.75) is 11.5 Å². The molecule has 10 heteroatoms. The molecule has 0 saturated carbocycles. The van der Waals surface area contributed by atoms with E-state index in [4.69, 9.17) is 4.74 Å². The van der Waals surface area contributed by atoms with Gasteiger partial charge in [0, 0.05) is 28.3 Å². The molecule has 34 heavy (non-hydrogen) atoms. The van der Waals surface area contributed by atoms with Gasteiger partial charge < -0.3 is 4.74 Å². The molecule has 8 nitrogen and oxygen atoms in total. The number of nitro groups is 1. The molecule has 0 bridgehead atoms. The number of hydrogen-bond donors (Lipinski definition) is 1. The number of nitro benzene ring substituents is 1. The van der Waals surface area contributed by atoms with Crippen LogP contribution < -0.4 is 10.2 Å². The highest BCUT2D eigenvalue weighted by Crippen LogP contribution is 2.32. The van der Waals surface area contributed by atoms with E-state index in [0.29, 0.717) is 23.5 Å². The molecule has 1 aliphatic rings. The van der Waals surface area contributed by atoms with Gasteiger partial charge in [-0.05, 0) is 23.8 Å². The summed E-state index contributed by atoms with van der Waals surface area (Å²) in [7, 11) is 0. The van der Waals surface area contributed by atoms with Gasteiger partial charge in [-0.25, -0.2) is 5.43 Å². The Labute approximate surface area is 204 Å². The van der Waals surface area contributed by atoms with Gasteiger partial charge in [-0.2, -0.15) is 5.10 Å². The van der Waals surface area contributed by atoms with Gasteiger partial charge in [0.15, 0.2) is 0 Å². The molecule has 0 aliphatic carbocycles. The fraction of sp³-hybridized carbons (Fsp3) is 0.125. The minimum atomic E-state index is -0.466. The lowest BCUT2D eigenvalue weighted by Crippen LogP contribution is -2.18. The first kappa shape index (κ1) is 23.5. The molecule has 0 aromatic heterocycles. The number of benzene rings is 3. The maximum Gasteiger partial charge on any atom is 0.275 e. The maximum atomic E-state index is 12.8. The zero-order valence-electron chi connectivity index (χ0n) is 17.9. The van der Waals surface area contributed by atoms with Crippen LogP contribution in [0.25, 0.3) is 0 Å². The molecule has 0 fully saturated rings. The monoisotopic (exact) mass is 492 g/mol. The van der Waals surface area contributed by atoms with Crippen LogP contribution in [-0.4, -0.2) is 33.7 Å². The fourth-order valence-electron chi connectivity index (χ4n) is 3.05. The van der Waals surface area contributed by atoms with Crippen molar-refractivity contribution in [3.05, 3.63) is 99.6 Å². The van der Waals surface area contributed by atoms with Gasteiger partial charge in [-0.1, -0.05) is 66.0 Å². The number of amides is 1. The second-order valence-electron chi connectivity index (χ2n) is 7.05. The Morgan fingerprint density at radius 1 is 1.18 bits per heavy atom. The molecule has 3 aromatic rings. The van der Waals surface area contributed by atoms with Crippen LogP contribution in [0.15, 0.2) is 87.8 Å². The van der Waals surface area contributed by atoms with Crippen molar-refractivity contribution in [3.63, 3.8) is 0 Å². The molecule has 4 rings (SSSR count). The summed E-state index contributed by atoms with van der Waals surface area (Å²) in [6, 6.07) is 21.1. The molecular formula is C24H20N4O4S2. The van der Waals surface area contributed by atoms with Crippen LogP contribution in [0.2, 0.25) is 0 Å². The molecule has 0 saturated heterocycles. The van der Waals surface area contributed by atoms with Crippen LogP contribution in [0.5, 0.6) is 5.75 Å². The summed E-state index contributed by atoms with van der Waals surface area (Å²) < 4.78 is 6.74. The average Bonchev–Trinajstić information content (AvgIpc) is 3.37. The average molecular weight is 493 g/mol. The number of hydrogen-bond acceptors (Lipinski definition) is 8. The van der Waals surface area contributed by atoms with Crippen molar-refractivity contribution < 1.29 is 14.5 Å². The number of carbonyl (C=O) groups is 1. The Kier molecular flexibility index (Phi) is 7.95. The second-order valence-corrected chi connectivity index (χ2v) is 9.42. The Morgan fingerprint density at radius 2 is 1.97 bits per heavy atom. The molecule has 1 heterocycles. The van der Waals surface area contributed by atoms with Gasteiger partial charge in [0.05, 0.1) is 23.2 Å². The van der Waals surface area contributed by atoms with Crippen molar-refractivity contribution in [1.82, 2.24) is 5.43 Å². The van der Waals surface area contributed by atoms with E-state index in [2.05, 4.69) is 15.5 Å². The third-order valence-corrected chi connectivity index (χ3v) is 6.96. The molecule has 0 atom stereocenters. The summed E-state index contributed by atoms with van der Waals surface area (Å²) in [5, 5.41) is 15.3. The molecule has 0 radical (unpaired) electrons. The molecule has 3 aromatic carbocycles. The van der Waals surface area contributed by atoms with Crippen molar-refractivity contribution in [1.29, 1.82) is 0 Å². The SMILES string of the molecule is O=C(N/N=C/c1cc([N+](=O)[O-])ccc1SC1=NCCS1)c1ccccc1OCc1ccccc1. The summed E-state index contributed by atoms with van der Waals surface area (Å²) in [6.45, 7) is 1.08. The van der Waals surface area contributed by atoms with E-state index in [1.807, 2.05) is 30.3 Å². The zero-order valence-corrected chi connectivity index (χ0v) is 19.6. The van der Waals surface area contributed by atoms with E-state index in [9.17, 15) is 14.9 Å². The number of nitrogens with one attached hydrogen (secondary N) is 1. The van der Waals surface area contributed by atoms with E-state index in [1.54, 1.807) is 42.1 Å². The van der Waals surface area contributed by atoms with Gasteiger partial charge in [0.25, 0.3) is 11.6 Å². The number of rotatable bonds is 8. The number of thioether (sulfide) groups is 2. The first-order valence-corrected chi connectivity index (χ1v) is 12.1. The Balaban J connectivity index is 1.47. The second kappa shape index (κ2) is 11.5. The number of para-hydroxylation sites is 1. The van der Waals surface area contributed by atoms with Crippen LogP contribution in [0.3, 0.4) is 0 Å². The maximum absolute atomic E-state index is 12.8. The summed E-state index contributed by atoms with van der Waals surface area (Å²) in [5.74, 6) is 0.901. The van der Waals surface area contributed by atoms with Gasteiger partial charge in [0.1, 0.15) is 16.7 Å².